The van der Waals surface area contributed by atoms with Crippen LogP contribution in [-0.4, -0.2) is 5.11 Å². The lowest BCUT2D eigenvalue weighted by Crippen LogP contribution is -1.86. The quantitative estimate of drug-likeness (QED) is 0.467. The van der Waals surface area contributed by atoms with Crippen LogP contribution in [0, 0.1) is 6.92 Å². The van der Waals surface area contributed by atoms with Crippen molar-refractivity contribution in [2.75, 3.05) is 5.73 Å². The van der Waals surface area contributed by atoms with Gasteiger partial charge in [0.25, 0.3) is 0 Å². The minimum absolute atomic E-state index is 0.136. The minimum Gasteiger partial charge on any atom is -0.505 e. The Hall–Kier alpha value is -2.22. The van der Waals surface area contributed by atoms with Crippen molar-refractivity contribution in [1.82, 2.24) is 0 Å². The van der Waals surface area contributed by atoms with Crippen molar-refractivity contribution in [3.05, 3.63) is 59.2 Å². The average molecular weight is 225 g/mol. The maximum absolute atomic E-state index is 9.77. The lowest BCUT2D eigenvalue weighted by atomic mass is 10.1. The molecule has 86 valence electrons. The van der Waals surface area contributed by atoms with Crippen LogP contribution in [-0.2, 0) is 0 Å². The van der Waals surface area contributed by atoms with Crippen molar-refractivity contribution in [3.8, 4) is 5.75 Å². The molecule has 2 aromatic rings. The van der Waals surface area contributed by atoms with Gasteiger partial charge in [-0.25, -0.2) is 0 Å². The van der Waals surface area contributed by atoms with Crippen LogP contribution < -0.4 is 5.73 Å². The highest BCUT2D eigenvalue weighted by molar-refractivity contribution is 5.76. The molecule has 2 aromatic carbocycles. The standard InChI is InChI=1S/C15H15NO/c1-11-5-2-3-6-12(11)9-10-13-7-4-8-14(16)15(13)17/h2-10,17H,16H2,1H3/b10-9+. The zero-order chi connectivity index (χ0) is 12.3. The Balaban J connectivity index is 2.33. The topological polar surface area (TPSA) is 46.2 Å². The molecule has 2 rings (SSSR count). The van der Waals surface area contributed by atoms with Gasteiger partial charge in [0.2, 0.25) is 0 Å². The first-order valence-electron chi connectivity index (χ1n) is 5.49. The molecule has 17 heavy (non-hydrogen) atoms. The van der Waals surface area contributed by atoms with Crippen molar-refractivity contribution in [2.24, 2.45) is 0 Å². The van der Waals surface area contributed by atoms with Crippen molar-refractivity contribution < 1.29 is 5.11 Å². The number of nitrogens with two attached hydrogens (primary N) is 1. The molecule has 0 saturated heterocycles. The van der Waals surface area contributed by atoms with E-state index in [0.717, 1.165) is 11.1 Å². The predicted molar refractivity (Wildman–Crippen MR) is 72.6 cm³/mol. The number of anilines is 1. The van der Waals surface area contributed by atoms with Gasteiger partial charge < -0.3 is 10.8 Å². The Kier molecular flexibility index (Phi) is 3.15. The van der Waals surface area contributed by atoms with Gasteiger partial charge in [-0.15, -0.1) is 0 Å². The maximum Gasteiger partial charge on any atom is 0.145 e. The number of phenols is 1. The van der Waals surface area contributed by atoms with Crippen LogP contribution in [0.4, 0.5) is 5.69 Å². The summed E-state index contributed by atoms with van der Waals surface area (Å²) >= 11 is 0. The fourth-order valence-electron chi connectivity index (χ4n) is 1.67. The summed E-state index contributed by atoms with van der Waals surface area (Å²) in [5, 5.41) is 9.77. The third kappa shape index (κ3) is 2.48. The highest BCUT2D eigenvalue weighted by atomic mass is 16.3. The molecule has 0 saturated carbocycles. The minimum atomic E-state index is 0.136. The second kappa shape index (κ2) is 4.74. The van der Waals surface area contributed by atoms with Crippen molar-refractivity contribution in [3.63, 3.8) is 0 Å². The van der Waals surface area contributed by atoms with Gasteiger partial charge in [-0.1, -0.05) is 48.6 Å². The van der Waals surface area contributed by atoms with Crippen LogP contribution in [0.25, 0.3) is 12.2 Å². The molecule has 0 amide bonds. The van der Waals surface area contributed by atoms with E-state index in [1.807, 2.05) is 42.5 Å². The molecule has 0 heterocycles. The largest absolute Gasteiger partial charge is 0.505 e. The number of hydrogen-bond donors (Lipinski definition) is 2. The van der Waals surface area contributed by atoms with E-state index in [0.29, 0.717) is 5.69 Å². The number of nitrogen functional groups attached to an aromatic ring is 1. The molecule has 0 spiro atoms. The Morgan fingerprint density at radius 2 is 1.59 bits per heavy atom. The Morgan fingerprint density at radius 1 is 0.941 bits per heavy atom. The lowest BCUT2D eigenvalue weighted by molar-refractivity contribution is 0.477. The Morgan fingerprint density at radius 3 is 2.35 bits per heavy atom. The molecular formula is C15H15NO. The number of aryl methyl sites for hydroxylation is 1. The lowest BCUT2D eigenvalue weighted by Gasteiger charge is -2.03. The third-order valence-corrected chi connectivity index (χ3v) is 2.73. The maximum atomic E-state index is 9.77. The number of rotatable bonds is 2. The Labute approximate surface area is 101 Å². The normalized spacial score (nSPS) is 10.9. The summed E-state index contributed by atoms with van der Waals surface area (Å²) in [4.78, 5) is 0. The molecular weight excluding hydrogens is 210 g/mol. The summed E-state index contributed by atoms with van der Waals surface area (Å²) < 4.78 is 0. The predicted octanol–water partition coefficient (Wildman–Crippen LogP) is 3.45. The summed E-state index contributed by atoms with van der Waals surface area (Å²) in [6.45, 7) is 2.05. The van der Waals surface area contributed by atoms with Gasteiger partial charge in [0, 0.05) is 5.56 Å². The fourth-order valence-corrected chi connectivity index (χ4v) is 1.67. The van der Waals surface area contributed by atoms with Crippen LogP contribution in [0.2, 0.25) is 0 Å². The van der Waals surface area contributed by atoms with E-state index in [2.05, 4.69) is 13.0 Å². The van der Waals surface area contributed by atoms with E-state index in [-0.39, 0.29) is 5.75 Å². The number of phenolic OH excluding ortho intramolecular Hbond substituents is 1. The molecule has 0 atom stereocenters. The molecule has 0 fully saturated rings. The summed E-state index contributed by atoms with van der Waals surface area (Å²) in [7, 11) is 0. The zero-order valence-electron chi connectivity index (χ0n) is 9.72. The highest BCUT2D eigenvalue weighted by Crippen LogP contribution is 2.26. The molecule has 0 aliphatic rings. The summed E-state index contributed by atoms with van der Waals surface area (Å²) in [6.07, 6.45) is 3.85. The summed E-state index contributed by atoms with van der Waals surface area (Å²) in [6, 6.07) is 13.4. The number of hydrogen-bond acceptors (Lipinski definition) is 2. The van der Waals surface area contributed by atoms with Gasteiger partial charge >= 0.3 is 0 Å². The second-order valence-electron chi connectivity index (χ2n) is 3.97. The van der Waals surface area contributed by atoms with Crippen LogP contribution in [0.5, 0.6) is 5.75 Å². The van der Waals surface area contributed by atoms with Crippen LogP contribution in [0.3, 0.4) is 0 Å². The monoisotopic (exact) mass is 225 g/mol. The third-order valence-electron chi connectivity index (χ3n) is 2.73. The Bertz CT molecular complexity index is 559. The zero-order valence-corrected chi connectivity index (χ0v) is 9.72. The van der Waals surface area contributed by atoms with Gasteiger partial charge in [-0.05, 0) is 24.1 Å². The molecule has 2 heteroatoms. The summed E-state index contributed by atoms with van der Waals surface area (Å²) in [5.74, 6) is 0.136. The van der Waals surface area contributed by atoms with E-state index >= 15 is 0 Å². The molecule has 0 unspecified atom stereocenters. The van der Waals surface area contributed by atoms with E-state index < -0.39 is 0 Å². The van der Waals surface area contributed by atoms with Gasteiger partial charge in [0.05, 0.1) is 5.69 Å². The number of aromatic hydroxyl groups is 1. The van der Waals surface area contributed by atoms with Gasteiger partial charge in [0.1, 0.15) is 5.75 Å². The molecule has 0 radical (unpaired) electrons. The van der Waals surface area contributed by atoms with E-state index in [1.165, 1.54) is 5.56 Å². The smallest absolute Gasteiger partial charge is 0.145 e. The number of para-hydroxylation sites is 1. The first kappa shape index (κ1) is 11.3. The highest BCUT2D eigenvalue weighted by Gasteiger charge is 2.00. The van der Waals surface area contributed by atoms with Gasteiger partial charge in [-0.2, -0.15) is 0 Å². The van der Waals surface area contributed by atoms with Crippen LogP contribution in [0.15, 0.2) is 42.5 Å². The van der Waals surface area contributed by atoms with Crippen LogP contribution >= 0.6 is 0 Å². The molecule has 2 nitrogen and oxygen atoms in total. The molecule has 0 bridgehead atoms. The number of benzene rings is 2. The first-order chi connectivity index (χ1) is 8.18. The van der Waals surface area contributed by atoms with Crippen molar-refractivity contribution >= 4 is 17.8 Å². The van der Waals surface area contributed by atoms with Crippen LogP contribution in [0.1, 0.15) is 16.7 Å². The summed E-state index contributed by atoms with van der Waals surface area (Å²) in [5.41, 5.74) is 9.10. The van der Waals surface area contributed by atoms with E-state index in [9.17, 15) is 5.11 Å². The SMILES string of the molecule is Cc1ccccc1/C=C/c1cccc(N)c1O. The van der Waals surface area contributed by atoms with E-state index in [4.69, 9.17) is 5.73 Å². The molecule has 0 aliphatic heterocycles. The molecule has 0 aromatic heterocycles. The fraction of sp³-hybridized carbons (Fsp3) is 0.0667. The molecule has 0 aliphatic carbocycles. The second-order valence-corrected chi connectivity index (χ2v) is 3.97. The molecule has 3 N–H and O–H groups in total. The first-order valence-corrected chi connectivity index (χ1v) is 5.49. The van der Waals surface area contributed by atoms with E-state index in [1.54, 1.807) is 6.07 Å². The van der Waals surface area contributed by atoms with Crippen molar-refractivity contribution in [1.29, 1.82) is 0 Å². The van der Waals surface area contributed by atoms with Gasteiger partial charge in [0.15, 0.2) is 0 Å². The van der Waals surface area contributed by atoms with Crippen molar-refractivity contribution in [2.45, 2.75) is 6.92 Å². The average Bonchev–Trinajstić information content (AvgIpc) is 2.33. The van der Waals surface area contributed by atoms with Gasteiger partial charge in [-0.3, -0.25) is 0 Å².